The van der Waals surface area contributed by atoms with Crippen molar-refractivity contribution in [1.82, 2.24) is 10.2 Å². The van der Waals surface area contributed by atoms with Crippen LogP contribution >= 0.6 is 0 Å². The molecule has 2 rings (SSSR count). The molecule has 21 heavy (non-hydrogen) atoms. The van der Waals surface area contributed by atoms with E-state index in [-0.39, 0.29) is 5.91 Å². The standard InChI is InChI=1S/C16H24N2O2S/c1-3-9-18(15-7-8-17-11-15)16(19)14-6-4-5-13(10-14)12-21(2)20/h4-6,10,15,17H,3,7-9,11-12H2,1-2H3. The highest BCUT2D eigenvalue weighted by Crippen LogP contribution is 2.16. The maximum atomic E-state index is 12.8. The van der Waals surface area contributed by atoms with E-state index in [0.29, 0.717) is 17.4 Å². The van der Waals surface area contributed by atoms with Crippen LogP contribution < -0.4 is 5.32 Å². The minimum absolute atomic E-state index is 0.0919. The summed E-state index contributed by atoms with van der Waals surface area (Å²) in [5.41, 5.74) is 1.67. The molecule has 1 N–H and O–H groups in total. The number of carbonyl (C=O) groups is 1. The van der Waals surface area contributed by atoms with Crippen LogP contribution in [-0.2, 0) is 16.6 Å². The summed E-state index contributed by atoms with van der Waals surface area (Å²) in [7, 11) is -0.889. The van der Waals surface area contributed by atoms with Crippen molar-refractivity contribution in [3.63, 3.8) is 0 Å². The van der Waals surface area contributed by atoms with E-state index < -0.39 is 10.8 Å². The summed E-state index contributed by atoms with van der Waals surface area (Å²) in [5, 5.41) is 3.32. The van der Waals surface area contributed by atoms with Gasteiger partial charge in [0, 0.05) is 47.5 Å². The molecule has 2 unspecified atom stereocenters. The van der Waals surface area contributed by atoms with Gasteiger partial charge in [0.05, 0.1) is 0 Å². The maximum Gasteiger partial charge on any atom is 0.254 e. The summed E-state index contributed by atoms with van der Waals surface area (Å²) in [4.78, 5) is 14.8. The van der Waals surface area contributed by atoms with Crippen molar-refractivity contribution >= 4 is 16.7 Å². The fraction of sp³-hybridized carbons (Fsp3) is 0.562. The van der Waals surface area contributed by atoms with Gasteiger partial charge >= 0.3 is 0 Å². The molecule has 1 fully saturated rings. The molecular weight excluding hydrogens is 284 g/mol. The van der Waals surface area contributed by atoms with E-state index >= 15 is 0 Å². The third-order valence-electron chi connectivity index (χ3n) is 3.74. The van der Waals surface area contributed by atoms with Crippen LogP contribution in [0.25, 0.3) is 0 Å². The quantitative estimate of drug-likeness (QED) is 0.871. The molecule has 116 valence electrons. The SMILES string of the molecule is CCCN(C(=O)c1cccc(CS(C)=O)c1)C1CCNC1. The molecule has 0 spiro atoms. The van der Waals surface area contributed by atoms with Gasteiger partial charge in [0.1, 0.15) is 0 Å². The Morgan fingerprint density at radius 1 is 1.48 bits per heavy atom. The van der Waals surface area contributed by atoms with Gasteiger partial charge in [0.15, 0.2) is 0 Å². The van der Waals surface area contributed by atoms with E-state index in [0.717, 1.165) is 38.0 Å². The number of rotatable bonds is 6. The Kier molecular flexibility index (Phi) is 5.94. The predicted molar refractivity (Wildman–Crippen MR) is 86.8 cm³/mol. The molecule has 1 aliphatic heterocycles. The van der Waals surface area contributed by atoms with Crippen molar-refractivity contribution < 1.29 is 9.00 Å². The first-order valence-electron chi connectivity index (χ1n) is 7.52. The van der Waals surface area contributed by atoms with Gasteiger partial charge in [0.25, 0.3) is 5.91 Å². The van der Waals surface area contributed by atoms with Crippen molar-refractivity contribution in [2.45, 2.75) is 31.6 Å². The van der Waals surface area contributed by atoms with Gasteiger partial charge in [-0.05, 0) is 37.1 Å². The van der Waals surface area contributed by atoms with E-state index in [1.807, 2.05) is 29.2 Å². The first-order chi connectivity index (χ1) is 10.1. The van der Waals surface area contributed by atoms with Crippen LogP contribution in [-0.4, -0.2) is 46.9 Å². The second-order valence-corrected chi connectivity index (χ2v) is 7.00. The van der Waals surface area contributed by atoms with Crippen molar-refractivity contribution in [1.29, 1.82) is 0 Å². The lowest BCUT2D eigenvalue weighted by atomic mass is 10.1. The first kappa shape index (κ1) is 16.2. The Bertz CT molecular complexity index is 513. The number of hydrogen-bond donors (Lipinski definition) is 1. The van der Waals surface area contributed by atoms with E-state index in [2.05, 4.69) is 12.2 Å². The van der Waals surface area contributed by atoms with Gasteiger partial charge in [-0.2, -0.15) is 0 Å². The van der Waals surface area contributed by atoms with Crippen LogP contribution in [0.4, 0.5) is 0 Å². The zero-order valence-electron chi connectivity index (χ0n) is 12.8. The first-order valence-corrected chi connectivity index (χ1v) is 9.25. The number of carbonyl (C=O) groups excluding carboxylic acids is 1. The molecule has 1 aromatic rings. The third-order valence-corrected chi connectivity index (χ3v) is 4.48. The second kappa shape index (κ2) is 7.71. The fourth-order valence-electron chi connectivity index (χ4n) is 2.79. The monoisotopic (exact) mass is 308 g/mol. The van der Waals surface area contributed by atoms with Crippen LogP contribution in [0.3, 0.4) is 0 Å². The summed E-state index contributed by atoms with van der Waals surface area (Å²) >= 11 is 0. The Morgan fingerprint density at radius 3 is 2.90 bits per heavy atom. The molecule has 0 radical (unpaired) electrons. The average molecular weight is 308 g/mol. The lowest BCUT2D eigenvalue weighted by Gasteiger charge is -2.28. The topological polar surface area (TPSA) is 49.4 Å². The molecular formula is C16H24N2O2S. The molecule has 0 saturated carbocycles. The second-order valence-electron chi connectivity index (χ2n) is 5.56. The van der Waals surface area contributed by atoms with E-state index in [1.54, 1.807) is 6.26 Å². The summed E-state index contributed by atoms with van der Waals surface area (Å²) in [5.74, 6) is 0.592. The summed E-state index contributed by atoms with van der Waals surface area (Å²) in [6, 6.07) is 7.84. The summed E-state index contributed by atoms with van der Waals surface area (Å²) in [6.45, 7) is 4.74. The highest BCUT2D eigenvalue weighted by Gasteiger charge is 2.26. The van der Waals surface area contributed by atoms with Crippen molar-refractivity contribution in [2.24, 2.45) is 0 Å². The zero-order valence-corrected chi connectivity index (χ0v) is 13.6. The lowest BCUT2D eigenvalue weighted by Crippen LogP contribution is -2.42. The maximum absolute atomic E-state index is 12.8. The summed E-state index contributed by atoms with van der Waals surface area (Å²) in [6.07, 6.45) is 3.66. The van der Waals surface area contributed by atoms with Gasteiger partial charge in [-0.1, -0.05) is 19.1 Å². The number of hydrogen-bond acceptors (Lipinski definition) is 3. The number of amides is 1. The molecule has 5 heteroatoms. The molecule has 1 aliphatic rings. The van der Waals surface area contributed by atoms with Crippen LogP contribution in [0.5, 0.6) is 0 Å². The molecule has 0 aromatic heterocycles. The Morgan fingerprint density at radius 2 is 2.29 bits per heavy atom. The van der Waals surface area contributed by atoms with Crippen LogP contribution in [0, 0.1) is 0 Å². The molecule has 1 aromatic carbocycles. The average Bonchev–Trinajstić information content (AvgIpc) is 2.97. The number of nitrogens with zero attached hydrogens (tertiary/aromatic N) is 1. The third kappa shape index (κ3) is 4.38. The normalized spacial score (nSPS) is 19.4. The van der Waals surface area contributed by atoms with Crippen LogP contribution in [0.15, 0.2) is 24.3 Å². The van der Waals surface area contributed by atoms with E-state index in [4.69, 9.17) is 0 Å². The van der Waals surface area contributed by atoms with E-state index in [9.17, 15) is 9.00 Å². The van der Waals surface area contributed by atoms with Crippen molar-refractivity contribution in [2.75, 3.05) is 25.9 Å². The summed E-state index contributed by atoms with van der Waals surface area (Å²) < 4.78 is 11.3. The molecule has 0 aliphatic carbocycles. The predicted octanol–water partition coefficient (Wildman–Crippen LogP) is 1.78. The minimum atomic E-state index is -0.889. The van der Waals surface area contributed by atoms with Crippen molar-refractivity contribution in [3.05, 3.63) is 35.4 Å². The molecule has 2 atom stereocenters. The number of nitrogens with one attached hydrogen (secondary N) is 1. The zero-order chi connectivity index (χ0) is 15.2. The number of benzene rings is 1. The minimum Gasteiger partial charge on any atom is -0.334 e. The van der Waals surface area contributed by atoms with E-state index in [1.165, 1.54) is 0 Å². The van der Waals surface area contributed by atoms with Gasteiger partial charge in [-0.3, -0.25) is 9.00 Å². The molecule has 0 bridgehead atoms. The van der Waals surface area contributed by atoms with Crippen LogP contribution in [0.2, 0.25) is 0 Å². The smallest absolute Gasteiger partial charge is 0.254 e. The molecule has 1 saturated heterocycles. The highest BCUT2D eigenvalue weighted by molar-refractivity contribution is 7.83. The van der Waals surface area contributed by atoms with Gasteiger partial charge in [0.2, 0.25) is 0 Å². The molecule has 1 amide bonds. The molecule has 4 nitrogen and oxygen atoms in total. The Labute approximate surface area is 129 Å². The van der Waals surface area contributed by atoms with Gasteiger partial charge in [-0.15, -0.1) is 0 Å². The Hall–Kier alpha value is -1.20. The van der Waals surface area contributed by atoms with Crippen LogP contribution in [0.1, 0.15) is 35.7 Å². The Balaban J connectivity index is 2.17. The largest absolute Gasteiger partial charge is 0.334 e. The van der Waals surface area contributed by atoms with Gasteiger partial charge in [-0.25, -0.2) is 0 Å². The lowest BCUT2D eigenvalue weighted by molar-refractivity contribution is 0.0692. The fourth-order valence-corrected chi connectivity index (χ4v) is 3.44. The van der Waals surface area contributed by atoms with Gasteiger partial charge < -0.3 is 10.2 Å². The molecule has 1 heterocycles. The highest BCUT2D eigenvalue weighted by atomic mass is 32.2. The van der Waals surface area contributed by atoms with Crippen molar-refractivity contribution in [3.8, 4) is 0 Å².